The van der Waals surface area contributed by atoms with Crippen LogP contribution in [0.5, 0.6) is 0 Å². The first-order valence-electron chi connectivity index (χ1n) is 7.77. The molecule has 0 unspecified atom stereocenters. The maximum Gasteiger partial charge on any atom is 0.414 e. The number of carboxylic acids is 2. The van der Waals surface area contributed by atoms with Crippen LogP contribution in [0.4, 0.5) is 0 Å². The van der Waals surface area contributed by atoms with E-state index in [9.17, 15) is 0 Å². The molecule has 0 bridgehead atoms. The molecule has 8 nitrogen and oxygen atoms in total. The molecule has 0 atom stereocenters. The number of carbonyl (C=O) groups is 2. The fraction of sp³-hybridized carbons (Fsp3) is 0.353. The Morgan fingerprint density at radius 2 is 1.76 bits per heavy atom. The zero-order chi connectivity index (χ0) is 18.8. The zero-order valence-corrected chi connectivity index (χ0v) is 14.3. The highest BCUT2D eigenvalue weighted by atomic mass is 16.4. The van der Waals surface area contributed by atoms with Crippen molar-refractivity contribution in [3.05, 3.63) is 41.6 Å². The van der Waals surface area contributed by atoms with Crippen LogP contribution in [0, 0.1) is 6.92 Å². The van der Waals surface area contributed by atoms with Crippen LogP contribution in [0.2, 0.25) is 0 Å². The molecule has 2 rings (SSSR count). The third-order valence-electron chi connectivity index (χ3n) is 3.50. The van der Waals surface area contributed by atoms with Crippen LogP contribution in [0.3, 0.4) is 0 Å². The highest BCUT2D eigenvalue weighted by molar-refractivity contribution is 6.27. The van der Waals surface area contributed by atoms with Crippen molar-refractivity contribution in [2.75, 3.05) is 19.7 Å². The maximum atomic E-state index is 9.10. The summed E-state index contributed by atoms with van der Waals surface area (Å²) in [7, 11) is 0. The summed E-state index contributed by atoms with van der Waals surface area (Å²) >= 11 is 0. The largest absolute Gasteiger partial charge is 0.473 e. The molecule has 0 aliphatic carbocycles. The Morgan fingerprint density at radius 3 is 2.24 bits per heavy atom. The molecule has 0 aliphatic heterocycles. The van der Waals surface area contributed by atoms with Gasteiger partial charge in [0.1, 0.15) is 0 Å². The molecule has 0 fully saturated rings. The third kappa shape index (κ3) is 6.74. The average molecular weight is 349 g/mol. The van der Waals surface area contributed by atoms with Crippen molar-refractivity contribution < 1.29 is 24.9 Å². The number of likely N-dealkylation sites (N-methyl/N-ethyl adjacent to an activating group) is 1. The summed E-state index contributed by atoms with van der Waals surface area (Å²) in [4.78, 5) is 20.4. The van der Waals surface area contributed by atoms with Gasteiger partial charge in [0.25, 0.3) is 0 Å². The van der Waals surface area contributed by atoms with E-state index in [0.29, 0.717) is 6.54 Å². The van der Waals surface area contributed by atoms with Crippen molar-refractivity contribution in [3.63, 3.8) is 0 Å². The van der Waals surface area contributed by atoms with E-state index in [4.69, 9.17) is 24.9 Å². The van der Waals surface area contributed by atoms with Crippen molar-refractivity contribution in [1.82, 2.24) is 15.1 Å². The number of aliphatic hydroxyl groups excluding tert-OH is 1. The molecular weight excluding hydrogens is 326 g/mol. The van der Waals surface area contributed by atoms with E-state index < -0.39 is 11.9 Å². The molecule has 1 aromatic carbocycles. The minimum atomic E-state index is -1.82. The number of nitrogens with one attached hydrogen (secondary N) is 1. The topological polar surface area (TPSA) is 127 Å². The molecule has 0 spiro atoms. The number of benzene rings is 1. The molecule has 8 heteroatoms. The summed E-state index contributed by atoms with van der Waals surface area (Å²) in [6.07, 6.45) is 1.87. The van der Waals surface area contributed by atoms with E-state index in [1.807, 2.05) is 6.20 Å². The lowest BCUT2D eigenvalue weighted by Crippen LogP contribution is -2.26. The van der Waals surface area contributed by atoms with Gasteiger partial charge in [-0.05, 0) is 19.0 Å². The minimum absolute atomic E-state index is 0.186. The van der Waals surface area contributed by atoms with Crippen LogP contribution < -0.4 is 0 Å². The number of aryl methyl sites for hydroxylation is 1. The Balaban J connectivity index is 0.000000450. The van der Waals surface area contributed by atoms with Gasteiger partial charge in [0, 0.05) is 18.7 Å². The van der Waals surface area contributed by atoms with Crippen molar-refractivity contribution >= 4 is 11.9 Å². The standard InChI is InChI=1S/C15H21N3O.C2H2O4/c1-3-18(8-9-19)11-14-10-16-17-15(14)13-6-4-12(2)5-7-13;3-1(4)2(5)6/h4-7,10,19H,3,8-9,11H2,1-2H3,(H,16,17);(H,3,4)(H,5,6). The zero-order valence-electron chi connectivity index (χ0n) is 14.3. The predicted octanol–water partition coefficient (Wildman–Crippen LogP) is 1.35. The van der Waals surface area contributed by atoms with E-state index in [-0.39, 0.29) is 6.61 Å². The third-order valence-corrected chi connectivity index (χ3v) is 3.50. The Hall–Kier alpha value is -2.71. The number of aromatic amines is 1. The van der Waals surface area contributed by atoms with Crippen LogP contribution in [0.25, 0.3) is 11.3 Å². The number of nitrogens with zero attached hydrogens (tertiary/aromatic N) is 2. The summed E-state index contributed by atoms with van der Waals surface area (Å²) < 4.78 is 0. The maximum absolute atomic E-state index is 9.10. The van der Waals surface area contributed by atoms with Gasteiger partial charge in [-0.1, -0.05) is 36.8 Å². The van der Waals surface area contributed by atoms with Gasteiger partial charge in [-0.3, -0.25) is 10.00 Å². The summed E-state index contributed by atoms with van der Waals surface area (Å²) in [6, 6.07) is 8.42. The number of carboxylic acid groups (broad SMARTS) is 2. The lowest BCUT2D eigenvalue weighted by molar-refractivity contribution is -0.159. The second-order valence-corrected chi connectivity index (χ2v) is 5.34. The van der Waals surface area contributed by atoms with Gasteiger partial charge in [-0.25, -0.2) is 9.59 Å². The van der Waals surface area contributed by atoms with Crippen molar-refractivity contribution in [2.45, 2.75) is 20.4 Å². The predicted molar refractivity (Wildman–Crippen MR) is 92.1 cm³/mol. The highest BCUT2D eigenvalue weighted by Gasteiger charge is 2.11. The molecule has 1 aromatic heterocycles. The van der Waals surface area contributed by atoms with Crippen molar-refractivity contribution in [3.8, 4) is 11.3 Å². The van der Waals surface area contributed by atoms with E-state index in [2.05, 4.69) is 53.2 Å². The molecule has 4 N–H and O–H groups in total. The Labute approximate surface area is 145 Å². The van der Waals surface area contributed by atoms with Gasteiger partial charge in [-0.15, -0.1) is 0 Å². The van der Waals surface area contributed by atoms with Gasteiger partial charge in [0.2, 0.25) is 0 Å². The monoisotopic (exact) mass is 349 g/mol. The molecule has 0 radical (unpaired) electrons. The van der Waals surface area contributed by atoms with E-state index in [0.717, 1.165) is 24.3 Å². The Bertz CT molecular complexity index is 670. The lowest BCUT2D eigenvalue weighted by atomic mass is 10.1. The van der Waals surface area contributed by atoms with E-state index in [1.54, 1.807) is 0 Å². The van der Waals surface area contributed by atoms with Crippen molar-refractivity contribution in [2.24, 2.45) is 0 Å². The fourth-order valence-electron chi connectivity index (χ4n) is 2.13. The average Bonchev–Trinajstić information content (AvgIpc) is 3.03. The van der Waals surface area contributed by atoms with Gasteiger partial charge in [0.05, 0.1) is 18.5 Å². The molecule has 1 heterocycles. The number of aliphatic carboxylic acids is 2. The first-order chi connectivity index (χ1) is 11.9. The molecule has 0 saturated heterocycles. The number of aliphatic hydroxyl groups is 1. The summed E-state index contributed by atoms with van der Waals surface area (Å²) in [6.45, 7) is 6.77. The number of rotatable bonds is 6. The second kappa shape index (κ2) is 10.2. The summed E-state index contributed by atoms with van der Waals surface area (Å²) in [5.41, 5.74) is 4.63. The normalized spacial score (nSPS) is 10.2. The van der Waals surface area contributed by atoms with Crippen LogP contribution in [-0.4, -0.2) is 62.1 Å². The Morgan fingerprint density at radius 1 is 1.16 bits per heavy atom. The van der Waals surface area contributed by atoms with E-state index >= 15 is 0 Å². The van der Waals surface area contributed by atoms with Gasteiger partial charge in [0.15, 0.2) is 0 Å². The lowest BCUT2D eigenvalue weighted by Gasteiger charge is -2.18. The molecule has 0 saturated carbocycles. The van der Waals surface area contributed by atoms with Crippen LogP contribution in [0.15, 0.2) is 30.5 Å². The van der Waals surface area contributed by atoms with Crippen LogP contribution in [0.1, 0.15) is 18.1 Å². The number of hydrogen-bond donors (Lipinski definition) is 4. The van der Waals surface area contributed by atoms with E-state index in [1.165, 1.54) is 11.1 Å². The summed E-state index contributed by atoms with van der Waals surface area (Å²) in [5.74, 6) is -3.65. The van der Waals surface area contributed by atoms with Gasteiger partial charge >= 0.3 is 11.9 Å². The van der Waals surface area contributed by atoms with Crippen LogP contribution >= 0.6 is 0 Å². The molecule has 25 heavy (non-hydrogen) atoms. The molecular formula is C17H23N3O5. The first kappa shape index (κ1) is 20.3. The fourth-order valence-corrected chi connectivity index (χ4v) is 2.13. The smallest absolute Gasteiger partial charge is 0.414 e. The minimum Gasteiger partial charge on any atom is -0.473 e. The second-order valence-electron chi connectivity index (χ2n) is 5.34. The number of aromatic nitrogens is 2. The first-order valence-corrected chi connectivity index (χ1v) is 7.77. The van der Waals surface area contributed by atoms with Crippen molar-refractivity contribution in [1.29, 1.82) is 0 Å². The summed E-state index contributed by atoms with van der Waals surface area (Å²) in [5, 5.41) is 31.1. The molecule has 136 valence electrons. The van der Waals surface area contributed by atoms with Gasteiger partial charge in [-0.2, -0.15) is 5.10 Å². The number of hydrogen-bond acceptors (Lipinski definition) is 5. The highest BCUT2D eigenvalue weighted by Crippen LogP contribution is 2.22. The molecule has 2 aromatic rings. The molecule has 0 aliphatic rings. The molecule has 0 amide bonds. The quantitative estimate of drug-likeness (QED) is 0.580. The SMILES string of the molecule is CCN(CCO)Cc1cn[nH]c1-c1ccc(C)cc1.O=C(O)C(=O)O. The van der Waals surface area contributed by atoms with Gasteiger partial charge < -0.3 is 15.3 Å². The Kier molecular flexibility index (Phi) is 8.31. The number of H-pyrrole nitrogens is 1. The van der Waals surface area contributed by atoms with Crippen LogP contribution in [-0.2, 0) is 16.1 Å².